The second-order valence-electron chi connectivity index (χ2n) is 5.73. The first-order valence-electron chi connectivity index (χ1n) is 8.36. The van der Waals surface area contributed by atoms with Crippen molar-refractivity contribution in [1.82, 2.24) is 9.88 Å². The van der Waals surface area contributed by atoms with E-state index < -0.39 is 0 Å². The molecule has 1 unspecified atom stereocenters. The van der Waals surface area contributed by atoms with E-state index in [4.69, 9.17) is 18.9 Å². The van der Waals surface area contributed by atoms with Gasteiger partial charge in [-0.05, 0) is 18.2 Å². The zero-order valence-electron chi connectivity index (χ0n) is 15.7. The van der Waals surface area contributed by atoms with E-state index in [1.807, 2.05) is 6.07 Å². The van der Waals surface area contributed by atoms with Gasteiger partial charge < -0.3 is 23.8 Å². The van der Waals surface area contributed by atoms with E-state index in [0.717, 1.165) is 11.3 Å². The Morgan fingerprint density at radius 3 is 2.44 bits per heavy atom. The largest absolute Gasteiger partial charge is 0.496 e. The van der Waals surface area contributed by atoms with Crippen molar-refractivity contribution in [2.24, 2.45) is 0 Å². The Kier molecular flexibility index (Phi) is 5.95. The van der Waals surface area contributed by atoms with Crippen LogP contribution in [0.1, 0.15) is 21.3 Å². The van der Waals surface area contributed by atoms with Crippen LogP contribution in [0.5, 0.6) is 23.1 Å². The maximum atomic E-state index is 13.2. The predicted octanol–water partition coefficient (Wildman–Crippen LogP) is 3.00. The molecule has 2 heterocycles. The van der Waals surface area contributed by atoms with Gasteiger partial charge in [-0.3, -0.25) is 4.79 Å². The minimum Gasteiger partial charge on any atom is -0.496 e. The first kappa shape index (κ1) is 19.2. The van der Waals surface area contributed by atoms with Crippen LogP contribution in [0, 0.1) is 0 Å². The standard InChI is InChI=1S/C19H22N2O5S/c1-23-14-11-16(25-3)15(24-2)10-13(14)19-21(8-9-27-19)18(22)12-6-5-7-20-17(12)26-4/h5-7,10-11,19H,8-9H2,1-4H3. The summed E-state index contributed by atoms with van der Waals surface area (Å²) in [7, 11) is 6.26. The van der Waals surface area contributed by atoms with Gasteiger partial charge in [0.25, 0.3) is 5.91 Å². The summed E-state index contributed by atoms with van der Waals surface area (Å²) >= 11 is 1.67. The number of hydrogen-bond donors (Lipinski definition) is 0. The summed E-state index contributed by atoms with van der Waals surface area (Å²) in [5.74, 6) is 2.81. The van der Waals surface area contributed by atoms with Crippen molar-refractivity contribution in [2.45, 2.75) is 5.37 Å². The number of nitrogens with zero attached hydrogens (tertiary/aromatic N) is 2. The highest BCUT2D eigenvalue weighted by molar-refractivity contribution is 7.99. The van der Waals surface area contributed by atoms with Crippen LogP contribution in [0.3, 0.4) is 0 Å². The maximum Gasteiger partial charge on any atom is 0.260 e. The van der Waals surface area contributed by atoms with Crippen LogP contribution < -0.4 is 18.9 Å². The molecular formula is C19H22N2O5S. The van der Waals surface area contributed by atoms with Gasteiger partial charge in [0.2, 0.25) is 5.88 Å². The van der Waals surface area contributed by atoms with E-state index in [9.17, 15) is 4.79 Å². The first-order chi connectivity index (χ1) is 13.1. The lowest BCUT2D eigenvalue weighted by molar-refractivity contribution is 0.0755. The number of carbonyl (C=O) groups is 1. The Labute approximate surface area is 162 Å². The van der Waals surface area contributed by atoms with Crippen molar-refractivity contribution in [3.8, 4) is 23.1 Å². The van der Waals surface area contributed by atoms with Gasteiger partial charge in [-0.15, -0.1) is 11.8 Å². The molecule has 1 aromatic heterocycles. The third-order valence-electron chi connectivity index (χ3n) is 4.35. The highest BCUT2D eigenvalue weighted by Crippen LogP contribution is 2.46. The molecule has 27 heavy (non-hydrogen) atoms. The quantitative estimate of drug-likeness (QED) is 0.751. The predicted molar refractivity (Wildman–Crippen MR) is 103 cm³/mol. The van der Waals surface area contributed by atoms with Crippen LogP contribution in [0.2, 0.25) is 0 Å². The fraction of sp³-hybridized carbons (Fsp3) is 0.368. The highest BCUT2D eigenvalue weighted by atomic mass is 32.2. The van der Waals surface area contributed by atoms with Crippen LogP contribution in [-0.2, 0) is 0 Å². The summed E-state index contributed by atoms with van der Waals surface area (Å²) < 4.78 is 21.6. The number of thioether (sulfide) groups is 1. The first-order valence-corrected chi connectivity index (χ1v) is 9.41. The van der Waals surface area contributed by atoms with Gasteiger partial charge in [0.05, 0.1) is 28.4 Å². The molecule has 0 spiro atoms. The smallest absolute Gasteiger partial charge is 0.260 e. The number of benzene rings is 1. The molecule has 0 radical (unpaired) electrons. The molecule has 144 valence electrons. The number of ether oxygens (including phenoxy) is 4. The molecule has 7 nitrogen and oxygen atoms in total. The van der Waals surface area contributed by atoms with Gasteiger partial charge in [0, 0.05) is 30.1 Å². The molecule has 1 atom stereocenters. The highest BCUT2D eigenvalue weighted by Gasteiger charge is 2.35. The van der Waals surface area contributed by atoms with Gasteiger partial charge in [-0.25, -0.2) is 4.98 Å². The molecule has 3 rings (SSSR count). The number of rotatable bonds is 6. The zero-order valence-corrected chi connectivity index (χ0v) is 16.5. The topological polar surface area (TPSA) is 70.1 Å². The summed E-state index contributed by atoms with van der Waals surface area (Å²) in [6.45, 7) is 0.615. The molecule has 0 bridgehead atoms. The van der Waals surface area contributed by atoms with E-state index in [-0.39, 0.29) is 11.3 Å². The lowest BCUT2D eigenvalue weighted by Gasteiger charge is -2.26. The van der Waals surface area contributed by atoms with Gasteiger partial charge in [-0.2, -0.15) is 0 Å². The minimum atomic E-state index is -0.211. The molecule has 1 aliphatic heterocycles. The van der Waals surface area contributed by atoms with Crippen molar-refractivity contribution in [1.29, 1.82) is 0 Å². The Hall–Kier alpha value is -2.61. The molecule has 1 aliphatic rings. The average molecular weight is 390 g/mol. The molecular weight excluding hydrogens is 368 g/mol. The van der Waals surface area contributed by atoms with Gasteiger partial charge >= 0.3 is 0 Å². The normalized spacial score (nSPS) is 16.1. The second-order valence-corrected chi connectivity index (χ2v) is 6.92. The van der Waals surface area contributed by atoms with Crippen molar-refractivity contribution < 1.29 is 23.7 Å². The van der Waals surface area contributed by atoms with Crippen LogP contribution in [0.4, 0.5) is 0 Å². The van der Waals surface area contributed by atoms with Gasteiger partial charge in [0.15, 0.2) is 11.5 Å². The summed E-state index contributed by atoms with van der Waals surface area (Å²) in [6, 6.07) is 7.09. The van der Waals surface area contributed by atoms with Crippen LogP contribution in [0.25, 0.3) is 0 Å². The number of carbonyl (C=O) groups excluding carboxylic acids is 1. The number of hydrogen-bond acceptors (Lipinski definition) is 7. The van der Waals surface area contributed by atoms with Crippen molar-refractivity contribution in [2.75, 3.05) is 40.7 Å². The summed E-state index contributed by atoms with van der Waals surface area (Å²) in [4.78, 5) is 19.1. The average Bonchev–Trinajstić information content (AvgIpc) is 3.21. The summed E-state index contributed by atoms with van der Waals surface area (Å²) in [5.41, 5.74) is 1.29. The van der Waals surface area contributed by atoms with E-state index in [2.05, 4.69) is 4.98 Å². The third kappa shape index (κ3) is 3.62. The third-order valence-corrected chi connectivity index (χ3v) is 5.59. The van der Waals surface area contributed by atoms with E-state index in [0.29, 0.717) is 35.2 Å². The Morgan fingerprint density at radius 2 is 1.78 bits per heavy atom. The second kappa shape index (κ2) is 8.39. The van der Waals surface area contributed by atoms with E-state index in [1.165, 1.54) is 7.11 Å². The molecule has 1 saturated heterocycles. The Bertz CT molecular complexity index is 830. The van der Waals surface area contributed by atoms with Gasteiger partial charge in [0.1, 0.15) is 16.7 Å². The van der Waals surface area contributed by atoms with Crippen LogP contribution in [0.15, 0.2) is 30.5 Å². The molecule has 8 heteroatoms. The molecule has 0 aliphatic carbocycles. The van der Waals surface area contributed by atoms with Crippen LogP contribution >= 0.6 is 11.8 Å². The maximum absolute atomic E-state index is 13.2. The lowest BCUT2D eigenvalue weighted by atomic mass is 10.1. The van der Waals surface area contributed by atoms with Gasteiger partial charge in [-0.1, -0.05) is 0 Å². The summed E-state index contributed by atoms with van der Waals surface area (Å²) in [5, 5.41) is -0.211. The number of methoxy groups -OCH3 is 4. The van der Waals surface area contributed by atoms with E-state index >= 15 is 0 Å². The van der Waals surface area contributed by atoms with E-state index in [1.54, 1.807) is 62.4 Å². The molecule has 0 N–H and O–H groups in total. The number of pyridine rings is 1. The fourth-order valence-electron chi connectivity index (χ4n) is 3.05. The number of aromatic nitrogens is 1. The molecule has 1 fully saturated rings. The van der Waals surface area contributed by atoms with Crippen LogP contribution in [-0.4, -0.2) is 56.5 Å². The number of amides is 1. The zero-order chi connectivity index (χ0) is 19.4. The Morgan fingerprint density at radius 1 is 1.07 bits per heavy atom. The minimum absolute atomic E-state index is 0.133. The van der Waals surface area contributed by atoms with Crippen molar-refractivity contribution >= 4 is 17.7 Å². The SMILES string of the molecule is COc1cc(OC)c(C2SCCN2C(=O)c2cccnc2OC)cc1OC. The fourth-order valence-corrected chi connectivity index (χ4v) is 4.32. The molecule has 0 saturated carbocycles. The monoisotopic (exact) mass is 390 g/mol. The van der Waals surface area contributed by atoms with Crippen molar-refractivity contribution in [3.05, 3.63) is 41.6 Å². The Balaban J connectivity index is 2.00. The lowest BCUT2D eigenvalue weighted by Crippen LogP contribution is -2.31. The summed E-state index contributed by atoms with van der Waals surface area (Å²) in [6.07, 6.45) is 1.60. The molecule has 2 aromatic rings. The molecule has 1 amide bonds. The molecule has 1 aromatic carbocycles. The van der Waals surface area contributed by atoms with Crippen molar-refractivity contribution in [3.63, 3.8) is 0 Å².